The van der Waals surface area contributed by atoms with E-state index in [9.17, 15) is 4.79 Å². The topological polar surface area (TPSA) is 55.1 Å². The number of carbonyl (C=O) groups is 1. The van der Waals surface area contributed by atoms with Crippen molar-refractivity contribution in [3.8, 4) is 0 Å². The lowest BCUT2D eigenvalue weighted by atomic mass is 9.85. The van der Waals surface area contributed by atoms with Gasteiger partial charge in [-0.05, 0) is 29.9 Å². The molecule has 0 unspecified atom stereocenters. The number of amides is 1. The molecule has 0 aliphatic heterocycles. The Hall–Kier alpha value is -1.06. The van der Waals surface area contributed by atoms with Gasteiger partial charge in [0.2, 0.25) is 5.91 Å². The number of hydrogen-bond donors (Lipinski definition) is 2. The Bertz CT molecular complexity index is 474. The third-order valence-corrected chi connectivity index (χ3v) is 3.93. The monoisotopic (exact) mass is 296 g/mol. The van der Waals surface area contributed by atoms with Crippen molar-refractivity contribution in [3.63, 3.8) is 0 Å². The van der Waals surface area contributed by atoms with Crippen LogP contribution in [0.25, 0.3) is 0 Å². The Labute approximate surface area is 127 Å². The average Bonchev–Trinajstić information content (AvgIpc) is 2.77. The molecule has 0 atom stereocenters. The van der Waals surface area contributed by atoms with Crippen molar-refractivity contribution in [2.45, 2.75) is 57.4 Å². The van der Waals surface area contributed by atoms with E-state index in [2.05, 4.69) is 32.2 Å². The Morgan fingerprint density at radius 1 is 1.20 bits per heavy atom. The number of anilines is 1. The van der Waals surface area contributed by atoms with Gasteiger partial charge in [0, 0.05) is 5.69 Å². The van der Waals surface area contributed by atoms with Crippen LogP contribution in [-0.2, 0) is 10.2 Å². The highest BCUT2D eigenvalue weighted by Crippen LogP contribution is 2.32. The van der Waals surface area contributed by atoms with Crippen molar-refractivity contribution < 1.29 is 4.79 Å². The van der Waals surface area contributed by atoms with Crippen LogP contribution >= 0.6 is 12.4 Å². The highest BCUT2D eigenvalue weighted by Gasteiger charge is 2.37. The van der Waals surface area contributed by atoms with Crippen LogP contribution in [-0.4, -0.2) is 11.4 Å². The molecule has 0 heterocycles. The molecular formula is C16H25ClN2O. The van der Waals surface area contributed by atoms with Crippen LogP contribution in [0.2, 0.25) is 0 Å². The van der Waals surface area contributed by atoms with Crippen molar-refractivity contribution in [2.24, 2.45) is 5.73 Å². The number of rotatable bonds is 2. The molecule has 1 amide bonds. The van der Waals surface area contributed by atoms with E-state index in [0.717, 1.165) is 36.9 Å². The molecule has 0 aromatic heterocycles. The molecule has 3 N–H and O–H groups in total. The lowest BCUT2D eigenvalue weighted by molar-refractivity contribution is -0.121. The molecule has 1 aliphatic carbocycles. The molecule has 4 heteroatoms. The first-order valence-corrected chi connectivity index (χ1v) is 7.03. The first kappa shape index (κ1) is 17.0. The first-order chi connectivity index (χ1) is 8.83. The zero-order valence-corrected chi connectivity index (χ0v) is 13.3. The zero-order valence-electron chi connectivity index (χ0n) is 12.5. The molecule has 1 saturated carbocycles. The standard InChI is InChI=1S/C16H24N2O.ClH/c1-15(2,3)12-8-4-5-9-13(12)18-14(19)16(17)10-6-7-11-16;/h4-5,8-9H,6-7,10-11,17H2,1-3H3,(H,18,19);1H. The van der Waals surface area contributed by atoms with Gasteiger partial charge in [-0.1, -0.05) is 51.8 Å². The van der Waals surface area contributed by atoms with Crippen LogP contribution in [0.1, 0.15) is 52.0 Å². The van der Waals surface area contributed by atoms with Gasteiger partial charge in [0.25, 0.3) is 0 Å². The average molecular weight is 297 g/mol. The Balaban J connectivity index is 0.00000200. The van der Waals surface area contributed by atoms with Gasteiger partial charge in [0.15, 0.2) is 0 Å². The zero-order chi connectivity index (χ0) is 14.1. The minimum Gasteiger partial charge on any atom is -0.324 e. The molecule has 3 nitrogen and oxygen atoms in total. The van der Waals surface area contributed by atoms with Crippen molar-refractivity contribution >= 4 is 24.0 Å². The number of nitrogens with one attached hydrogen (secondary N) is 1. The highest BCUT2D eigenvalue weighted by atomic mass is 35.5. The Kier molecular flexibility index (Phi) is 5.22. The summed E-state index contributed by atoms with van der Waals surface area (Å²) >= 11 is 0. The van der Waals surface area contributed by atoms with E-state index in [0.29, 0.717) is 0 Å². The van der Waals surface area contributed by atoms with E-state index in [1.165, 1.54) is 0 Å². The summed E-state index contributed by atoms with van der Waals surface area (Å²) < 4.78 is 0. The number of halogens is 1. The second-order valence-electron chi connectivity index (χ2n) is 6.61. The summed E-state index contributed by atoms with van der Waals surface area (Å²) in [5, 5.41) is 3.04. The third kappa shape index (κ3) is 3.53. The summed E-state index contributed by atoms with van der Waals surface area (Å²) in [5.41, 5.74) is 7.55. The van der Waals surface area contributed by atoms with Crippen molar-refractivity contribution in [1.29, 1.82) is 0 Å². The van der Waals surface area contributed by atoms with Gasteiger partial charge < -0.3 is 11.1 Å². The van der Waals surface area contributed by atoms with Crippen molar-refractivity contribution in [3.05, 3.63) is 29.8 Å². The summed E-state index contributed by atoms with van der Waals surface area (Å²) in [6.07, 6.45) is 3.67. The summed E-state index contributed by atoms with van der Waals surface area (Å²) in [6, 6.07) is 7.97. The molecule has 112 valence electrons. The van der Waals surface area contributed by atoms with Crippen LogP contribution in [0.15, 0.2) is 24.3 Å². The number of carbonyl (C=O) groups excluding carboxylic acids is 1. The number of para-hydroxylation sites is 1. The van der Waals surface area contributed by atoms with Gasteiger partial charge in [-0.2, -0.15) is 0 Å². The molecule has 1 aromatic carbocycles. The van der Waals surface area contributed by atoms with E-state index < -0.39 is 5.54 Å². The van der Waals surface area contributed by atoms with Crippen LogP contribution in [0.3, 0.4) is 0 Å². The van der Waals surface area contributed by atoms with E-state index in [1.54, 1.807) is 0 Å². The summed E-state index contributed by atoms with van der Waals surface area (Å²) in [4.78, 5) is 12.4. The minimum absolute atomic E-state index is 0. The number of hydrogen-bond acceptors (Lipinski definition) is 2. The lowest BCUT2D eigenvalue weighted by Gasteiger charge is -2.26. The van der Waals surface area contributed by atoms with Crippen LogP contribution in [0, 0.1) is 0 Å². The molecule has 0 radical (unpaired) electrons. The number of benzene rings is 1. The SMILES string of the molecule is CC(C)(C)c1ccccc1NC(=O)C1(N)CCCC1.Cl. The predicted octanol–water partition coefficient (Wildman–Crippen LogP) is 3.62. The van der Waals surface area contributed by atoms with E-state index in [-0.39, 0.29) is 23.7 Å². The van der Waals surface area contributed by atoms with Gasteiger partial charge in [0.05, 0.1) is 5.54 Å². The van der Waals surface area contributed by atoms with Crippen molar-refractivity contribution in [1.82, 2.24) is 0 Å². The molecular weight excluding hydrogens is 272 g/mol. The summed E-state index contributed by atoms with van der Waals surface area (Å²) in [5.74, 6) is -0.0401. The fourth-order valence-electron chi connectivity index (χ4n) is 2.73. The Morgan fingerprint density at radius 3 is 2.30 bits per heavy atom. The van der Waals surface area contributed by atoms with E-state index in [4.69, 9.17) is 5.73 Å². The predicted molar refractivity (Wildman–Crippen MR) is 86.4 cm³/mol. The van der Waals surface area contributed by atoms with E-state index in [1.807, 2.05) is 18.2 Å². The largest absolute Gasteiger partial charge is 0.324 e. The maximum atomic E-state index is 12.4. The summed E-state index contributed by atoms with van der Waals surface area (Å²) in [6.45, 7) is 6.43. The number of nitrogens with two attached hydrogens (primary N) is 1. The molecule has 2 rings (SSSR count). The lowest BCUT2D eigenvalue weighted by Crippen LogP contribution is -2.48. The van der Waals surface area contributed by atoms with Crippen LogP contribution in [0.5, 0.6) is 0 Å². The van der Waals surface area contributed by atoms with Crippen molar-refractivity contribution in [2.75, 3.05) is 5.32 Å². The Morgan fingerprint density at radius 2 is 1.75 bits per heavy atom. The maximum absolute atomic E-state index is 12.4. The van der Waals surface area contributed by atoms with Crippen LogP contribution in [0.4, 0.5) is 5.69 Å². The normalized spacial score (nSPS) is 17.4. The maximum Gasteiger partial charge on any atom is 0.244 e. The molecule has 1 aliphatic rings. The third-order valence-electron chi connectivity index (χ3n) is 3.93. The molecule has 1 aromatic rings. The molecule has 0 saturated heterocycles. The van der Waals surface area contributed by atoms with Crippen LogP contribution < -0.4 is 11.1 Å². The fraction of sp³-hybridized carbons (Fsp3) is 0.562. The van der Waals surface area contributed by atoms with Gasteiger partial charge >= 0.3 is 0 Å². The van der Waals surface area contributed by atoms with Gasteiger partial charge in [0.1, 0.15) is 0 Å². The molecule has 20 heavy (non-hydrogen) atoms. The molecule has 1 fully saturated rings. The van der Waals surface area contributed by atoms with Gasteiger partial charge in [-0.15, -0.1) is 12.4 Å². The second kappa shape index (κ2) is 6.15. The molecule has 0 spiro atoms. The van der Waals surface area contributed by atoms with E-state index >= 15 is 0 Å². The molecule has 0 bridgehead atoms. The first-order valence-electron chi connectivity index (χ1n) is 7.03. The minimum atomic E-state index is -0.676. The highest BCUT2D eigenvalue weighted by molar-refractivity contribution is 5.98. The smallest absolute Gasteiger partial charge is 0.244 e. The quantitative estimate of drug-likeness (QED) is 0.876. The van der Waals surface area contributed by atoms with Gasteiger partial charge in [-0.3, -0.25) is 4.79 Å². The summed E-state index contributed by atoms with van der Waals surface area (Å²) in [7, 11) is 0. The fourth-order valence-corrected chi connectivity index (χ4v) is 2.73. The second-order valence-corrected chi connectivity index (χ2v) is 6.61. The van der Waals surface area contributed by atoms with Gasteiger partial charge in [-0.25, -0.2) is 0 Å².